The number of methoxy groups -OCH3 is 2. The molecule has 290 valence electrons. The number of hydrogen-bond acceptors (Lipinski definition) is 11. The summed E-state index contributed by atoms with van der Waals surface area (Å²) in [5.41, 5.74) is 9.71. The normalized spacial score (nSPS) is 16.6. The van der Waals surface area contributed by atoms with Gasteiger partial charge >= 0.3 is 5.97 Å². The second kappa shape index (κ2) is 16.3. The molecule has 15 nitrogen and oxygen atoms in total. The minimum Gasteiger partial charge on any atom is -0.496 e. The number of carbonyl (C=O) groups excluding carboxylic acids is 3. The molecule has 0 spiro atoms. The maximum absolute atomic E-state index is 14.4. The Labute approximate surface area is 319 Å². The Balaban J connectivity index is 1.16. The zero-order valence-electron chi connectivity index (χ0n) is 31.4. The summed E-state index contributed by atoms with van der Waals surface area (Å²) in [6.45, 7) is 6.22. The summed E-state index contributed by atoms with van der Waals surface area (Å²) < 4.78 is 47.7. The predicted molar refractivity (Wildman–Crippen MR) is 203 cm³/mol. The minimum absolute atomic E-state index is 0.0102. The molecule has 0 radical (unpaired) electrons. The van der Waals surface area contributed by atoms with E-state index in [1.54, 1.807) is 40.1 Å². The molecule has 3 aromatic carbocycles. The quantitative estimate of drug-likeness (QED) is 0.101. The van der Waals surface area contributed by atoms with E-state index >= 15 is 0 Å². The van der Waals surface area contributed by atoms with Crippen molar-refractivity contribution < 1.29 is 41.8 Å². The number of oxime groups is 1. The number of carbonyl (C=O) groups is 3. The lowest BCUT2D eigenvalue weighted by Gasteiger charge is -2.37. The van der Waals surface area contributed by atoms with Gasteiger partial charge < -0.3 is 34.6 Å². The van der Waals surface area contributed by atoms with Gasteiger partial charge in [0.15, 0.2) is 5.84 Å². The van der Waals surface area contributed by atoms with Crippen LogP contribution in [-0.4, -0.2) is 104 Å². The van der Waals surface area contributed by atoms with Crippen LogP contribution in [0, 0.1) is 13.8 Å². The van der Waals surface area contributed by atoms with E-state index < -0.39 is 22.0 Å². The highest BCUT2D eigenvalue weighted by Gasteiger charge is 2.43. The molecule has 0 aliphatic carbocycles. The van der Waals surface area contributed by atoms with Crippen LogP contribution in [0.2, 0.25) is 0 Å². The number of hydrogen-bond donors (Lipinski definition) is 1. The summed E-state index contributed by atoms with van der Waals surface area (Å²) in [4.78, 5) is 50.7. The molecule has 3 heterocycles. The summed E-state index contributed by atoms with van der Waals surface area (Å²) in [5, 5.41) is 4.50. The largest absolute Gasteiger partial charge is 0.496 e. The lowest BCUT2D eigenvalue weighted by Crippen LogP contribution is -2.55. The minimum atomic E-state index is -4.24. The third-order valence-electron chi connectivity index (χ3n) is 9.77. The number of para-hydroxylation sites is 1. The van der Waals surface area contributed by atoms with Crippen LogP contribution < -0.4 is 19.9 Å². The lowest BCUT2D eigenvalue weighted by atomic mass is 10.1. The van der Waals surface area contributed by atoms with Crippen LogP contribution in [0.4, 0.5) is 0 Å². The monoisotopic (exact) mass is 772 g/mol. The number of sulfonamides is 1. The average molecular weight is 773 g/mol. The van der Waals surface area contributed by atoms with Gasteiger partial charge in [-0.05, 0) is 68.7 Å². The Bertz CT molecular complexity index is 2250. The van der Waals surface area contributed by atoms with Crippen molar-refractivity contribution in [3.05, 3.63) is 88.6 Å². The molecule has 0 unspecified atom stereocenters. The number of piperazine rings is 1. The Kier molecular flexibility index (Phi) is 11.6. The number of pyridine rings is 1. The smallest absolute Gasteiger partial charge is 0.332 e. The zero-order chi connectivity index (χ0) is 39.4. The summed E-state index contributed by atoms with van der Waals surface area (Å²) in [7, 11) is -1.36. The first kappa shape index (κ1) is 39.0. The average Bonchev–Trinajstić information content (AvgIpc) is 3.69. The van der Waals surface area contributed by atoms with Crippen LogP contribution >= 0.6 is 0 Å². The molecule has 2 aliphatic rings. The molecule has 0 bridgehead atoms. The first-order valence-electron chi connectivity index (χ1n) is 17.8. The van der Waals surface area contributed by atoms with E-state index in [1.165, 1.54) is 31.5 Å². The molecule has 1 atom stereocenters. The van der Waals surface area contributed by atoms with E-state index in [1.807, 2.05) is 38.1 Å². The highest BCUT2D eigenvalue weighted by molar-refractivity contribution is 7.89. The number of nitrogens with two attached hydrogens (primary N) is 1. The van der Waals surface area contributed by atoms with Gasteiger partial charge in [0, 0.05) is 61.9 Å². The van der Waals surface area contributed by atoms with Crippen molar-refractivity contribution in [2.75, 3.05) is 46.9 Å². The number of aryl methyl sites for hydroxylation is 2. The van der Waals surface area contributed by atoms with Gasteiger partial charge in [-0.1, -0.05) is 29.4 Å². The Morgan fingerprint density at radius 3 is 2.25 bits per heavy atom. The van der Waals surface area contributed by atoms with Crippen molar-refractivity contribution in [2.24, 2.45) is 10.9 Å². The summed E-state index contributed by atoms with van der Waals surface area (Å²) >= 11 is 0. The number of amides is 2. The summed E-state index contributed by atoms with van der Waals surface area (Å²) in [6, 6.07) is 16.1. The Hall–Kier alpha value is -5.74. The SMILES string of the molecule is COc1ccc(S(=O)(=O)N2CCC[C@H]2C(=O)N2CCN(C(=O)c3ccc(C(N)=NOC(C)=O)cc3)CC2)c(OC)c1COc1cccc2c(C)cc(C)nc12. The molecule has 2 amide bonds. The summed E-state index contributed by atoms with van der Waals surface area (Å²) in [5.74, 6) is -0.186. The third kappa shape index (κ3) is 8.05. The number of fused-ring (bicyclic) bond motifs is 1. The fraction of sp³-hybridized carbons (Fsp3) is 0.359. The fourth-order valence-electron chi connectivity index (χ4n) is 7.04. The van der Waals surface area contributed by atoms with Crippen molar-refractivity contribution in [3.8, 4) is 17.2 Å². The molecule has 4 aromatic rings. The van der Waals surface area contributed by atoms with E-state index in [9.17, 15) is 22.8 Å². The maximum Gasteiger partial charge on any atom is 0.332 e. The standard InChI is InChI=1S/C39H44N6O9S/c1-24-22-25(2)41-35-29(24)8-6-10-33(35)53-23-30-32(51-4)15-16-34(36(30)52-5)55(49,50)45-17-7-9-31(45)39(48)44-20-18-43(19-21-44)38(47)28-13-11-27(12-14-28)37(40)42-54-26(3)46/h6,8,10-16,22,31H,7,9,17-21,23H2,1-5H3,(H2,40,42)/t31-/m0/s1. The van der Waals surface area contributed by atoms with E-state index in [0.717, 1.165) is 16.6 Å². The van der Waals surface area contributed by atoms with Crippen LogP contribution in [0.25, 0.3) is 10.9 Å². The van der Waals surface area contributed by atoms with Crippen LogP contribution in [0.5, 0.6) is 17.2 Å². The highest BCUT2D eigenvalue weighted by atomic mass is 32.2. The lowest BCUT2D eigenvalue weighted by molar-refractivity contribution is -0.141. The molecule has 1 aromatic heterocycles. The fourth-order valence-corrected chi connectivity index (χ4v) is 8.87. The van der Waals surface area contributed by atoms with Gasteiger partial charge in [0.1, 0.15) is 40.3 Å². The van der Waals surface area contributed by atoms with Gasteiger partial charge in [0.2, 0.25) is 15.9 Å². The van der Waals surface area contributed by atoms with Gasteiger partial charge in [-0.3, -0.25) is 9.59 Å². The van der Waals surface area contributed by atoms with E-state index in [4.69, 9.17) is 19.9 Å². The van der Waals surface area contributed by atoms with Crippen molar-refractivity contribution in [1.82, 2.24) is 19.1 Å². The number of nitrogens with zero attached hydrogens (tertiary/aromatic N) is 5. The molecule has 16 heteroatoms. The molecule has 0 saturated carbocycles. The number of aromatic nitrogens is 1. The highest BCUT2D eigenvalue weighted by Crippen LogP contribution is 2.40. The van der Waals surface area contributed by atoms with Crippen LogP contribution in [0.15, 0.2) is 70.7 Å². The van der Waals surface area contributed by atoms with Gasteiger partial charge in [0.25, 0.3) is 5.91 Å². The number of benzene rings is 3. The van der Waals surface area contributed by atoms with E-state index in [2.05, 4.69) is 15.0 Å². The second-order valence-electron chi connectivity index (χ2n) is 13.3. The zero-order valence-corrected chi connectivity index (χ0v) is 32.2. The number of ether oxygens (including phenoxy) is 3. The molecule has 2 fully saturated rings. The van der Waals surface area contributed by atoms with Gasteiger partial charge in [-0.15, -0.1) is 0 Å². The van der Waals surface area contributed by atoms with Crippen LogP contribution in [-0.2, 0) is 31.1 Å². The van der Waals surface area contributed by atoms with Crippen LogP contribution in [0.1, 0.15) is 52.5 Å². The van der Waals surface area contributed by atoms with Crippen molar-refractivity contribution >= 4 is 44.5 Å². The summed E-state index contributed by atoms with van der Waals surface area (Å²) in [6.07, 6.45) is 0.857. The number of amidine groups is 1. The molecule has 2 saturated heterocycles. The molecular weight excluding hydrogens is 729 g/mol. The van der Waals surface area contributed by atoms with E-state index in [0.29, 0.717) is 46.5 Å². The molecule has 6 rings (SSSR count). The molecule has 2 aliphatic heterocycles. The van der Waals surface area contributed by atoms with Crippen LogP contribution in [0.3, 0.4) is 0 Å². The second-order valence-corrected chi connectivity index (χ2v) is 15.2. The van der Waals surface area contributed by atoms with Crippen molar-refractivity contribution in [2.45, 2.75) is 51.2 Å². The predicted octanol–water partition coefficient (Wildman–Crippen LogP) is 3.77. The Morgan fingerprint density at radius 2 is 1.58 bits per heavy atom. The number of rotatable bonds is 11. The van der Waals surface area contributed by atoms with E-state index in [-0.39, 0.29) is 67.6 Å². The third-order valence-corrected chi connectivity index (χ3v) is 11.7. The molecular formula is C39H44N6O9S. The Morgan fingerprint density at radius 1 is 0.891 bits per heavy atom. The molecule has 2 N–H and O–H groups in total. The first-order valence-corrected chi connectivity index (χ1v) is 19.2. The van der Waals surface area contributed by atoms with Gasteiger partial charge in [0.05, 0.1) is 19.8 Å². The van der Waals surface area contributed by atoms with Crippen molar-refractivity contribution in [1.29, 1.82) is 0 Å². The first-order chi connectivity index (χ1) is 26.3. The van der Waals surface area contributed by atoms with Crippen molar-refractivity contribution in [3.63, 3.8) is 0 Å². The van der Waals surface area contributed by atoms with Gasteiger partial charge in [-0.25, -0.2) is 18.2 Å². The maximum atomic E-state index is 14.4. The van der Waals surface area contributed by atoms with Gasteiger partial charge in [-0.2, -0.15) is 4.31 Å². The topological polar surface area (TPSA) is 183 Å². The molecule has 55 heavy (non-hydrogen) atoms.